The Morgan fingerprint density at radius 1 is 1.30 bits per heavy atom. The van der Waals surface area contributed by atoms with E-state index in [2.05, 4.69) is 9.69 Å². The lowest BCUT2D eigenvalue weighted by atomic mass is 10.0. The fraction of sp³-hybridized carbons (Fsp3) is 0.750. The number of nitrogen functional groups attached to an aromatic ring is 1. The second-order valence-electron chi connectivity index (χ2n) is 5.41. The number of anilines is 2. The number of nitrogens with one attached hydrogen (secondary N) is 1. The first-order valence-corrected chi connectivity index (χ1v) is 9.21. The van der Waals surface area contributed by atoms with Gasteiger partial charge < -0.3 is 15.8 Å². The molecular weight excluding hydrogens is 298 g/mol. The smallest absolute Gasteiger partial charge is 0.187 e. The number of nitrogens with zero attached hydrogens (tertiary/aromatic N) is 1. The quantitative estimate of drug-likeness (QED) is 0.854. The van der Waals surface area contributed by atoms with Gasteiger partial charge in [-0.1, -0.05) is 0 Å². The number of aromatic nitrogens is 1. The molecule has 112 valence electrons. The van der Waals surface area contributed by atoms with Crippen molar-refractivity contribution in [2.45, 2.75) is 35.8 Å². The molecule has 8 heteroatoms. The molecule has 2 fully saturated rings. The predicted molar refractivity (Wildman–Crippen MR) is 78.8 cm³/mol. The van der Waals surface area contributed by atoms with Crippen molar-refractivity contribution in [3.8, 4) is 0 Å². The van der Waals surface area contributed by atoms with Gasteiger partial charge in [-0.05, 0) is 43.1 Å². The third-order valence-electron chi connectivity index (χ3n) is 3.81. The Kier molecular flexibility index (Phi) is 3.87. The van der Waals surface area contributed by atoms with Crippen LogP contribution >= 0.6 is 11.5 Å². The zero-order chi connectivity index (χ0) is 14.2. The fourth-order valence-corrected chi connectivity index (χ4v) is 5.31. The maximum atomic E-state index is 12.4. The zero-order valence-corrected chi connectivity index (χ0v) is 12.8. The summed E-state index contributed by atoms with van der Waals surface area (Å²) in [6, 6.07) is 0. The molecule has 2 heterocycles. The predicted octanol–water partition coefficient (Wildman–Crippen LogP) is 1.50. The van der Waals surface area contributed by atoms with Gasteiger partial charge in [-0.3, -0.25) is 0 Å². The van der Waals surface area contributed by atoms with E-state index in [1.54, 1.807) is 0 Å². The van der Waals surface area contributed by atoms with Crippen LogP contribution in [-0.4, -0.2) is 37.8 Å². The molecule has 1 aliphatic carbocycles. The van der Waals surface area contributed by atoms with Crippen LogP contribution < -0.4 is 11.1 Å². The maximum absolute atomic E-state index is 12.4. The third kappa shape index (κ3) is 2.77. The number of ether oxygens (including phenoxy) is 1. The van der Waals surface area contributed by atoms with Crippen molar-refractivity contribution in [1.29, 1.82) is 0 Å². The Balaban J connectivity index is 1.73. The van der Waals surface area contributed by atoms with Crippen LogP contribution in [0.3, 0.4) is 0 Å². The summed E-state index contributed by atoms with van der Waals surface area (Å²) in [6.45, 7) is 2.31. The Labute approximate surface area is 122 Å². The summed E-state index contributed by atoms with van der Waals surface area (Å²) in [4.78, 5) is 0.219. The molecule has 1 aromatic heterocycles. The molecular formula is C12H19N3O3S2. The largest absolute Gasteiger partial charge is 0.382 e. The Hall–Kier alpha value is -0.860. The standard InChI is InChI=1S/C12H19N3O3S2/c13-11-10(20(16,17)9-1-2-9)12(19-15-11)14-7-8-3-5-18-6-4-8/h8-9,14H,1-7H2,(H2,13,15). The SMILES string of the molecule is Nc1nsc(NCC2CCOCC2)c1S(=O)(=O)C1CC1. The van der Waals surface area contributed by atoms with Crippen LogP contribution in [0.1, 0.15) is 25.7 Å². The molecule has 3 N–H and O–H groups in total. The van der Waals surface area contributed by atoms with Gasteiger partial charge in [0.05, 0.1) is 5.25 Å². The van der Waals surface area contributed by atoms with Crippen molar-refractivity contribution >= 4 is 32.2 Å². The summed E-state index contributed by atoms with van der Waals surface area (Å²) < 4.78 is 34.1. The molecule has 0 bridgehead atoms. The highest BCUT2D eigenvalue weighted by Gasteiger charge is 2.40. The second kappa shape index (κ2) is 5.50. The number of nitrogens with two attached hydrogens (primary N) is 1. The van der Waals surface area contributed by atoms with E-state index < -0.39 is 9.84 Å². The van der Waals surface area contributed by atoms with Gasteiger partial charge in [-0.25, -0.2) is 8.42 Å². The fourth-order valence-electron chi connectivity index (χ4n) is 2.41. The number of sulfone groups is 1. The average Bonchev–Trinajstić information content (AvgIpc) is 3.22. The van der Waals surface area contributed by atoms with E-state index in [4.69, 9.17) is 10.5 Å². The van der Waals surface area contributed by atoms with Crippen molar-refractivity contribution < 1.29 is 13.2 Å². The number of hydrogen-bond acceptors (Lipinski definition) is 7. The van der Waals surface area contributed by atoms with E-state index in [0.29, 0.717) is 10.9 Å². The Bertz CT molecular complexity index is 575. The number of rotatable bonds is 5. The second-order valence-corrected chi connectivity index (χ2v) is 8.35. The van der Waals surface area contributed by atoms with Crippen LogP contribution in [0, 0.1) is 5.92 Å². The van der Waals surface area contributed by atoms with Crippen molar-refractivity contribution in [1.82, 2.24) is 4.37 Å². The van der Waals surface area contributed by atoms with E-state index >= 15 is 0 Å². The summed E-state index contributed by atoms with van der Waals surface area (Å²) >= 11 is 1.14. The van der Waals surface area contributed by atoms with E-state index in [1.165, 1.54) is 0 Å². The molecule has 1 aromatic rings. The number of hydrogen-bond donors (Lipinski definition) is 2. The first-order chi connectivity index (χ1) is 9.59. The van der Waals surface area contributed by atoms with E-state index in [9.17, 15) is 8.42 Å². The van der Waals surface area contributed by atoms with E-state index in [1.807, 2.05) is 0 Å². The lowest BCUT2D eigenvalue weighted by Crippen LogP contribution is -2.23. The third-order valence-corrected chi connectivity index (χ3v) is 7.09. The maximum Gasteiger partial charge on any atom is 0.187 e. The molecule has 6 nitrogen and oxygen atoms in total. The first-order valence-electron chi connectivity index (χ1n) is 6.89. The molecule has 2 aliphatic rings. The van der Waals surface area contributed by atoms with Gasteiger partial charge in [0.15, 0.2) is 15.7 Å². The molecule has 0 amide bonds. The lowest BCUT2D eigenvalue weighted by molar-refractivity contribution is 0.0699. The molecule has 1 saturated heterocycles. The first kappa shape index (κ1) is 14.1. The molecule has 1 saturated carbocycles. The Morgan fingerprint density at radius 2 is 2.00 bits per heavy atom. The average molecular weight is 317 g/mol. The highest BCUT2D eigenvalue weighted by molar-refractivity contribution is 7.92. The normalized spacial score (nSPS) is 21.0. The van der Waals surface area contributed by atoms with E-state index in [-0.39, 0.29) is 16.0 Å². The lowest BCUT2D eigenvalue weighted by Gasteiger charge is -2.22. The van der Waals surface area contributed by atoms with E-state index in [0.717, 1.165) is 57.0 Å². The molecule has 3 rings (SSSR count). The molecule has 0 spiro atoms. The Morgan fingerprint density at radius 3 is 2.65 bits per heavy atom. The van der Waals surface area contributed by atoms with Crippen molar-refractivity contribution in [2.75, 3.05) is 30.8 Å². The van der Waals surface area contributed by atoms with Crippen LogP contribution in [0.2, 0.25) is 0 Å². The highest BCUT2D eigenvalue weighted by Crippen LogP contribution is 2.41. The molecule has 0 radical (unpaired) electrons. The minimum absolute atomic E-state index is 0.136. The van der Waals surface area contributed by atoms with Crippen molar-refractivity contribution in [3.63, 3.8) is 0 Å². The zero-order valence-electron chi connectivity index (χ0n) is 11.2. The highest BCUT2D eigenvalue weighted by atomic mass is 32.2. The molecule has 0 atom stereocenters. The summed E-state index contributed by atoms with van der Waals surface area (Å²) in [7, 11) is -3.30. The van der Waals surface area contributed by atoms with Gasteiger partial charge >= 0.3 is 0 Å². The van der Waals surface area contributed by atoms with Crippen molar-refractivity contribution in [3.05, 3.63) is 0 Å². The molecule has 20 heavy (non-hydrogen) atoms. The van der Waals surface area contributed by atoms with Crippen LogP contribution in [-0.2, 0) is 14.6 Å². The molecule has 0 unspecified atom stereocenters. The monoisotopic (exact) mass is 317 g/mol. The molecule has 0 aromatic carbocycles. The van der Waals surface area contributed by atoms with Gasteiger partial charge in [0.1, 0.15) is 9.90 Å². The van der Waals surface area contributed by atoms with Crippen LogP contribution in [0.25, 0.3) is 0 Å². The summed E-state index contributed by atoms with van der Waals surface area (Å²) in [5.41, 5.74) is 5.76. The van der Waals surface area contributed by atoms with Crippen LogP contribution in [0.5, 0.6) is 0 Å². The summed E-state index contributed by atoms with van der Waals surface area (Å²) in [6.07, 6.45) is 3.48. The summed E-state index contributed by atoms with van der Waals surface area (Å²) in [5, 5.41) is 3.57. The summed E-state index contributed by atoms with van der Waals surface area (Å²) in [5.74, 6) is 0.653. The minimum Gasteiger partial charge on any atom is -0.382 e. The van der Waals surface area contributed by atoms with Crippen LogP contribution in [0.15, 0.2) is 4.90 Å². The van der Waals surface area contributed by atoms with Gasteiger partial charge in [-0.2, -0.15) is 4.37 Å². The minimum atomic E-state index is -3.30. The van der Waals surface area contributed by atoms with Gasteiger partial charge in [0.2, 0.25) is 0 Å². The van der Waals surface area contributed by atoms with Gasteiger partial charge in [0, 0.05) is 19.8 Å². The van der Waals surface area contributed by atoms with Crippen molar-refractivity contribution in [2.24, 2.45) is 5.92 Å². The van der Waals surface area contributed by atoms with Crippen LogP contribution in [0.4, 0.5) is 10.8 Å². The van der Waals surface area contributed by atoms with Gasteiger partial charge in [0.25, 0.3) is 0 Å². The molecule has 1 aliphatic heterocycles. The topological polar surface area (TPSA) is 94.3 Å². The van der Waals surface area contributed by atoms with Gasteiger partial charge in [-0.15, -0.1) is 0 Å².